The van der Waals surface area contributed by atoms with Gasteiger partial charge >= 0.3 is 0 Å². The quantitative estimate of drug-likeness (QED) is 0.330. The van der Waals surface area contributed by atoms with Crippen LogP contribution in [0.15, 0.2) is 48.5 Å². The second-order valence-electron chi connectivity index (χ2n) is 5.90. The lowest BCUT2D eigenvalue weighted by Crippen LogP contribution is -2.02. The third-order valence-electron chi connectivity index (χ3n) is 4.17. The van der Waals surface area contributed by atoms with E-state index in [1.165, 1.54) is 49.9 Å². The van der Waals surface area contributed by atoms with Crippen molar-refractivity contribution in [2.75, 3.05) is 5.33 Å². The lowest BCUT2D eigenvalue weighted by Gasteiger charge is -2.18. The molecule has 0 saturated heterocycles. The lowest BCUT2D eigenvalue weighted by atomic mass is 9.86. The van der Waals surface area contributed by atoms with Crippen LogP contribution in [0.2, 0.25) is 0 Å². The van der Waals surface area contributed by atoms with Crippen LogP contribution in [0.1, 0.15) is 55.6 Å². The van der Waals surface area contributed by atoms with Crippen molar-refractivity contribution in [2.24, 2.45) is 0 Å². The van der Waals surface area contributed by atoms with Crippen LogP contribution in [-0.4, -0.2) is 5.33 Å². The van der Waals surface area contributed by atoms with Crippen molar-refractivity contribution >= 4 is 15.9 Å². The summed E-state index contributed by atoms with van der Waals surface area (Å²) in [7, 11) is 0. The zero-order valence-corrected chi connectivity index (χ0v) is 14.9. The third-order valence-corrected chi connectivity index (χ3v) is 4.73. The average Bonchev–Trinajstić information content (AvgIpc) is 2.57. The van der Waals surface area contributed by atoms with Crippen molar-refractivity contribution in [1.82, 2.24) is 0 Å². The van der Waals surface area contributed by atoms with E-state index in [-0.39, 0.29) is 17.6 Å². The highest BCUT2D eigenvalue weighted by atomic mass is 79.9. The molecule has 0 amide bonds. The van der Waals surface area contributed by atoms with Crippen molar-refractivity contribution in [1.29, 1.82) is 0 Å². The molecule has 0 aliphatic rings. The van der Waals surface area contributed by atoms with Crippen LogP contribution in [-0.2, 0) is 0 Å². The van der Waals surface area contributed by atoms with E-state index >= 15 is 0 Å². The summed E-state index contributed by atoms with van der Waals surface area (Å²) in [6.45, 7) is 0. The number of benzene rings is 2. The number of hydrogen-bond acceptors (Lipinski definition) is 0. The smallest absolute Gasteiger partial charge is 0.123 e. The molecule has 124 valence electrons. The van der Waals surface area contributed by atoms with Gasteiger partial charge in [0.15, 0.2) is 0 Å². The lowest BCUT2D eigenvalue weighted by molar-refractivity contribution is 0.578. The Morgan fingerprint density at radius 1 is 0.652 bits per heavy atom. The molecule has 0 heterocycles. The van der Waals surface area contributed by atoms with E-state index in [1.807, 2.05) is 24.3 Å². The first kappa shape index (κ1) is 18.1. The Hall–Kier alpha value is -1.22. The maximum atomic E-state index is 13.2. The fourth-order valence-electron chi connectivity index (χ4n) is 2.89. The maximum absolute atomic E-state index is 13.2. The summed E-state index contributed by atoms with van der Waals surface area (Å²) in [5.74, 6) is -0.241. The summed E-state index contributed by atoms with van der Waals surface area (Å²) in [5.41, 5.74) is 2.19. The standard InChI is InChI=1S/C20H23BrF2/c21-15-5-3-1-2-4-6-20(16-7-11-18(22)12-8-16)17-9-13-19(23)14-10-17/h7-14,20H,1-6,15H2. The fourth-order valence-corrected chi connectivity index (χ4v) is 3.29. The molecular formula is C20H23BrF2. The Balaban J connectivity index is 2.02. The summed E-state index contributed by atoms with van der Waals surface area (Å²) < 4.78 is 26.4. The van der Waals surface area contributed by atoms with Gasteiger partial charge in [0.1, 0.15) is 11.6 Å². The highest BCUT2D eigenvalue weighted by Gasteiger charge is 2.14. The van der Waals surface area contributed by atoms with E-state index in [2.05, 4.69) is 15.9 Å². The van der Waals surface area contributed by atoms with Gasteiger partial charge in [-0.1, -0.05) is 65.9 Å². The Kier molecular flexibility index (Phi) is 7.73. The SMILES string of the molecule is Fc1ccc(C(CCCCCCCBr)c2ccc(F)cc2)cc1. The van der Waals surface area contributed by atoms with Crippen LogP contribution < -0.4 is 0 Å². The van der Waals surface area contributed by atoms with E-state index in [0.717, 1.165) is 29.3 Å². The first-order chi connectivity index (χ1) is 11.2. The van der Waals surface area contributed by atoms with Crippen molar-refractivity contribution in [3.05, 3.63) is 71.3 Å². The topological polar surface area (TPSA) is 0 Å². The molecule has 2 aromatic carbocycles. The molecule has 0 fully saturated rings. The van der Waals surface area contributed by atoms with E-state index in [1.54, 1.807) is 0 Å². The summed E-state index contributed by atoms with van der Waals surface area (Å²) in [5, 5.41) is 1.07. The molecule has 0 radical (unpaired) electrons. The second kappa shape index (κ2) is 9.82. The fraction of sp³-hybridized carbons (Fsp3) is 0.400. The Bertz CT molecular complexity index is 518. The van der Waals surface area contributed by atoms with Crippen LogP contribution in [0.25, 0.3) is 0 Å². The van der Waals surface area contributed by atoms with Gasteiger partial charge in [-0.2, -0.15) is 0 Å². The van der Waals surface area contributed by atoms with Crippen LogP contribution in [0.5, 0.6) is 0 Å². The Labute approximate surface area is 146 Å². The second-order valence-corrected chi connectivity index (χ2v) is 6.69. The summed E-state index contributed by atoms with van der Waals surface area (Å²) in [6, 6.07) is 13.4. The normalized spacial score (nSPS) is 11.1. The molecule has 0 nitrogen and oxygen atoms in total. The first-order valence-electron chi connectivity index (χ1n) is 8.27. The third kappa shape index (κ3) is 6.06. The van der Waals surface area contributed by atoms with Crippen LogP contribution in [0, 0.1) is 11.6 Å². The van der Waals surface area contributed by atoms with Gasteiger partial charge < -0.3 is 0 Å². The van der Waals surface area contributed by atoms with Crippen molar-refractivity contribution < 1.29 is 8.78 Å². The van der Waals surface area contributed by atoms with Crippen molar-refractivity contribution in [3.8, 4) is 0 Å². The van der Waals surface area contributed by atoms with Gasteiger partial charge in [-0.25, -0.2) is 8.78 Å². The van der Waals surface area contributed by atoms with Crippen LogP contribution in [0.4, 0.5) is 8.78 Å². The zero-order valence-electron chi connectivity index (χ0n) is 13.3. The van der Waals surface area contributed by atoms with Crippen LogP contribution >= 0.6 is 15.9 Å². The molecule has 0 unspecified atom stereocenters. The minimum Gasteiger partial charge on any atom is -0.207 e. The molecule has 0 aliphatic heterocycles. The molecular weight excluding hydrogens is 358 g/mol. The molecule has 2 rings (SSSR count). The molecule has 0 aromatic heterocycles. The first-order valence-corrected chi connectivity index (χ1v) is 9.40. The molecule has 23 heavy (non-hydrogen) atoms. The summed E-state index contributed by atoms with van der Waals surface area (Å²) >= 11 is 3.45. The van der Waals surface area contributed by atoms with Crippen LogP contribution in [0.3, 0.4) is 0 Å². The Morgan fingerprint density at radius 3 is 1.57 bits per heavy atom. The molecule has 0 spiro atoms. The predicted molar refractivity (Wildman–Crippen MR) is 96.1 cm³/mol. The van der Waals surface area contributed by atoms with Gasteiger partial charge in [0.05, 0.1) is 0 Å². The maximum Gasteiger partial charge on any atom is 0.123 e. The molecule has 0 bridgehead atoms. The van der Waals surface area contributed by atoms with E-state index < -0.39 is 0 Å². The molecule has 2 aromatic rings. The summed E-state index contributed by atoms with van der Waals surface area (Å²) in [4.78, 5) is 0. The van der Waals surface area contributed by atoms with E-state index in [9.17, 15) is 8.78 Å². The zero-order chi connectivity index (χ0) is 16.5. The number of rotatable bonds is 9. The minimum atomic E-state index is -0.221. The monoisotopic (exact) mass is 380 g/mol. The highest BCUT2D eigenvalue weighted by Crippen LogP contribution is 2.30. The van der Waals surface area contributed by atoms with Gasteiger partial charge in [-0.3, -0.25) is 0 Å². The van der Waals surface area contributed by atoms with Crippen molar-refractivity contribution in [3.63, 3.8) is 0 Å². The predicted octanol–water partition coefficient (Wildman–Crippen LogP) is 6.83. The van der Waals surface area contributed by atoms with E-state index in [0.29, 0.717) is 0 Å². The van der Waals surface area contributed by atoms with Gasteiger partial charge in [-0.05, 0) is 48.2 Å². The number of halogens is 3. The number of alkyl halides is 1. The molecule has 0 saturated carbocycles. The molecule has 3 heteroatoms. The highest BCUT2D eigenvalue weighted by molar-refractivity contribution is 9.09. The molecule has 0 atom stereocenters. The van der Waals surface area contributed by atoms with Gasteiger partial charge in [0.2, 0.25) is 0 Å². The van der Waals surface area contributed by atoms with Gasteiger partial charge in [-0.15, -0.1) is 0 Å². The Morgan fingerprint density at radius 2 is 1.09 bits per heavy atom. The molecule has 0 aliphatic carbocycles. The summed E-state index contributed by atoms with van der Waals surface area (Å²) in [6.07, 6.45) is 7.05. The number of hydrogen-bond donors (Lipinski definition) is 0. The van der Waals surface area contributed by atoms with E-state index in [4.69, 9.17) is 0 Å². The van der Waals surface area contributed by atoms with Gasteiger partial charge in [0, 0.05) is 11.2 Å². The number of unbranched alkanes of at least 4 members (excludes halogenated alkanes) is 4. The average molecular weight is 381 g/mol. The van der Waals surface area contributed by atoms with Crippen molar-refractivity contribution in [2.45, 2.75) is 44.4 Å². The largest absolute Gasteiger partial charge is 0.207 e. The minimum absolute atomic E-state index is 0.201. The van der Waals surface area contributed by atoms with Gasteiger partial charge in [0.25, 0.3) is 0 Å². The molecule has 0 N–H and O–H groups in total.